The van der Waals surface area contributed by atoms with Crippen LogP contribution in [-0.2, 0) is 22.6 Å². The number of benzene rings is 1. The van der Waals surface area contributed by atoms with Gasteiger partial charge in [0.25, 0.3) is 0 Å². The molecule has 0 spiro atoms. The molecule has 1 aliphatic carbocycles. The first-order valence-corrected chi connectivity index (χ1v) is 8.68. The number of hydrogen-bond donors (Lipinski definition) is 2. The quantitative estimate of drug-likeness (QED) is 0.813. The number of nitrogens with zero attached hydrogens (tertiary/aromatic N) is 1. The predicted octanol–water partition coefficient (Wildman–Crippen LogP) is 0.968. The van der Waals surface area contributed by atoms with Crippen LogP contribution in [0, 0.1) is 0 Å². The third-order valence-electron chi connectivity index (χ3n) is 4.81. The molecule has 2 amide bonds. The van der Waals surface area contributed by atoms with Gasteiger partial charge < -0.3 is 20.7 Å². The summed E-state index contributed by atoms with van der Waals surface area (Å²) in [6.07, 6.45) is 5.30. The molecule has 2 aliphatic rings. The molecule has 3 N–H and O–H groups in total. The fourth-order valence-corrected chi connectivity index (χ4v) is 3.52. The maximum atomic E-state index is 12.6. The first-order valence-electron chi connectivity index (χ1n) is 8.68. The van der Waals surface area contributed by atoms with Crippen molar-refractivity contribution >= 4 is 11.8 Å². The highest BCUT2D eigenvalue weighted by atomic mass is 16.5. The van der Waals surface area contributed by atoms with Gasteiger partial charge in [-0.05, 0) is 30.0 Å². The van der Waals surface area contributed by atoms with Crippen LogP contribution in [0.5, 0.6) is 5.75 Å². The number of carbonyl (C=O) groups is 2. The summed E-state index contributed by atoms with van der Waals surface area (Å²) >= 11 is 0. The van der Waals surface area contributed by atoms with Gasteiger partial charge in [0.15, 0.2) is 0 Å². The predicted molar refractivity (Wildman–Crippen MR) is 90.5 cm³/mol. The highest BCUT2D eigenvalue weighted by Crippen LogP contribution is 2.29. The van der Waals surface area contributed by atoms with E-state index >= 15 is 0 Å². The third kappa shape index (κ3) is 3.87. The van der Waals surface area contributed by atoms with Crippen LogP contribution >= 0.6 is 0 Å². The van der Waals surface area contributed by atoms with Crippen LogP contribution in [0.15, 0.2) is 18.2 Å². The highest BCUT2D eigenvalue weighted by molar-refractivity contribution is 5.85. The monoisotopic (exact) mass is 331 g/mol. The minimum Gasteiger partial charge on any atom is -0.493 e. The second-order valence-corrected chi connectivity index (χ2v) is 6.48. The Labute approximate surface area is 142 Å². The summed E-state index contributed by atoms with van der Waals surface area (Å²) in [6, 6.07) is 6.41. The lowest BCUT2D eigenvalue weighted by Gasteiger charge is -2.29. The fraction of sp³-hybridized carbons (Fsp3) is 0.556. The molecular formula is C18H25N3O3. The maximum Gasteiger partial charge on any atom is 0.242 e. The number of amides is 2. The van der Waals surface area contributed by atoms with Gasteiger partial charge in [-0.3, -0.25) is 9.59 Å². The summed E-state index contributed by atoms with van der Waals surface area (Å²) in [7, 11) is 0. The minimum atomic E-state index is -0.301. The normalized spacial score (nSPS) is 16.5. The van der Waals surface area contributed by atoms with Crippen molar-refractivity contribution in [1.29, 1.82) is 0 Å². The average molecular weight is 331 g/mol. The van der Waals surface area contributed by atoms with E-state index in [9.17, 15) is 9.59 Å². The van der Waals surface area contributed by atoms with E-state index in [1.807, 2.05) is 17.0 Å². The van der Waals surface area contributed by atoms with E-state index in [1.54, 1.807) is 0 Å². The van der Waals surface area contributed by atoms with Crippen molar-refractivity contribution < 1.29 is 14.3 Å². The molecule has 0 saturated heterocycles. The standard InChI is InChI=1S/C18H25N3O3/c19-10-17(22)20-11-18(23)21(15-3-1-2-4-15)12-13-5-6-16-14(9-13)7-8-24-16/h5-6,9,15H,1-4,7-8,10-12,19H2,(H,20,22). The smallest absolute Gasteiger partial charge is 0.242 e. The molecule has 1 heterocycles. The summed E-state index contributed by atoms with van der Waals surface area (Å²) in [5.41, 5.74) is 7.61. The van der Waals surface area contributed by atoms with E-state index in [-0.39, 0.29) is 30.9 Å². The minimum absolute atomic E-state index is 0.0145. The largest absolute Gasteiger partial charge is 0.493 e. The molecule has 24 heavy (non-hydrogen) atoms. The van der Waals surface area contributed by atoms with Crippen LogP contribution in [0.25, 0.3) is 0 Å². The van der Waals surface area contributed by atoms with Crippen molar-refractivity contribution in [3.05, 3.63) is 29.3 Å². The van der Waals surface area contributed by atoms with E-state index in [2.05, 4.69) is 11.4 Å². The lowest BCUT2D eigenvalue weighted by Crippen LogP contribution is -2.45. The van der Waals surface area contributed by atoms with Crippen molar-refractivity contribution in [2.75, 3.05) is 19.7 Å². The third-order valence-corrected chi connectivity index (χ3v) is 4.81. The molecule has 0 radical (unpaired) electrons. The van der Waals surface area contributed by atoms with Gasteiger partial charge in [-0.1, -0.05) is 25.0 Å². The molecular weight excluding hydrogens is 306 g/mol. The van der Waals surface area contributed by atoms with E-state index in [0.717, 1.165) is 50.0 Å². The molecule has 130 valence electrons. The second-order valence-electron chi connectivity index (χ2n) is 6.48. The number of nitrogens with one attached hydrogen (secondary N) is 1. The summed E-state index contributed by atoms with van der Waals surface area (Å²) in [5.74, 6) is 0.609. The molecule has 3 rings (SSSR count). The first-order chi connectivity index (χ1) is 11.7. The van der Waals surface area contributed by atoms with E-state index in [1.165, 1.54) is 5.56 Å². The number of fused-ring (bicyclic) bond motifs is 1. The van der Waals surface area contributed by atoms with Gasteiger partial charge in [0.2, 0.25) is 11.8 Å². The van der Waals surface area contributed by atoms with Gasteiger partial charge in [-0.2, -0.15) is 0 Å². The second kappa shape index (κ2) is 7.66. The summed E-state index contributed by atoms with van der Waals surface area (Å²) in [5, 5.41) is 2.59. The Morgan fingerprint density at radius 2 is 2.08 bits per heavy atom. The lowest BCUT2D eigenvalue weighted by molar-refractivity contribution is -0.135. The van der Waals surface area contributed by atoms with Gasteiger partial charge in [-0.25, -0.2) is 0 Å². The van der Waals surface area contributed by atoms with Gasteiger partial charge in [0, 0.05) is 19.0 Å². The first kappa shape index (κ1) is 16.8. The topological polar surface area (TPSA) is 84.7 Å². The molecule has 1 aliphatic heterocycles. The Hall–Kier alpha value is -2.08. The maximum absolute atomic E-state index is 12.6. The molecule has 1 saturated carbocycles. The van der Waals surface area contributed by atoms with Crippen LogP contribution < -0.4 is 15.8 Å². The van der Waals surface area contributed by atoms with Crippen LogP contribution in [-0.4, -0.2) is 42.5 Å². The average Bonchev–Trinajstić information content (AvgIpc) is 3.27. The van der Waals surface area contributed by atoms with Crippen molar-refractivity contribution in [3.8, 4) is 5.75 Å². The van der Waals surface area contributed by atoms with Crippen molar-refractivity contribution in [2.45, 2.75) is 44.7 Å². The summed E-state index contributed by atoms with van der Waals surface area (Å²) in [4.78, 5) is 25.9. The zero-order chi connectivity index (χ0) is 16.9. The number of rotatable bonds is 6. The summed E-state index contributed by atoms with van der Waals surface area (Å²) < 4.78 is 5.54. The Kier molecular flexibility index (Phi) is 5.35. The van der Waals surface area contributed by atoms with Crippen molar-refractivity contribution in [2.24, 2.45) is 5.73 Å². The lowest BCUT2D eigenvalue weighted by atomic mass is 10.1. The SMILES string of the molecule is NCC(=O)NCC(=O)N(Cc1ccc2c(c1)CCO2)C1CCCC1. The zero-order valence-corrected chi connectivity index (χ0v) is 13.9. The van der Waals surface area contributed by atoms with Gasteiger partial charge in [-0.15, -0.1) is 0 Å². The number of ether oxygens (including phenoxy) is 1. The highest BCUT2D eigenvalue weighted by Gasteiger charge is 2.27. The number of hydrogen-bond acceptors (Lipinski definition) is 4. The molecule has 0 aromatic heterocycles. The van der Waals surface area contributed by atoms with Gasteiger partial charge in [0.1, 0.15) is 5.75 Å². The zero-order valence-electron chi connectivity index (χ0n) is 13.9. The molecule has 1 fully saturated rings. The van der Waals surface area contributed by atoms with Crippen molar-refractivity contribution in [3.63, 3.8) is 0 Å². The Bertz CT molecular complexity index is 612. The number of carbonyl (C=O) groups excluding carboxylic acids is 2. The van der Waals surface area contributed by atoms with E-state index < -0.39 is 0 Å². The summed E-state index contributed by atoms with van der Waals surface area (Å²) in [6.45, 7) is 1.23. The Morgan fingerprint density at radius 1 is 1.29 bits per heavy atom. The van der Waals surface area contributed by atoms with E-state index in [4.69, 9.17) is 10.5 Å². The molecule has 1 aromatic rings. The Balaban J connectivity index is 1.70. The molecule has 0 atom stereocenters. The molecule has 1 aromatic carbocycles. The molecule has 0 bridgehead atoms. The van der Waals surface area contributed by atoms with Crippen LogP contribution in [0.4, 0.5) is 0 Å². The fourth-order valence-electron chi connectivity index (χ4n) is 3.52. The van der Waals surface area contributed by atoms with Crippen molar-refractivity contribution in [1.82, 2.24) is 10.2 Å². The molecule has 6 heteroatoms. The Morgan fingerprint density at radius 3 is 2.83 bits per heavy atom. The van der Waals surface area contributed by atoms with Crippen LogP contribution in [0.3, 0.4) is 0 Å². The van der Waals surface area contributed by atoms with Crippen LogP contribution in [0.1, 0.15) is 36.8 Å². The van der Waals surface area contributed by atoms with Gasteiger partial charge in [0.05, 0.1) is 19.7 Å². The van der Waals surface area contributed by atoms with Crippen LogP contribution in [0.2, 0.25) is 0 Å². The van der Waals surface area contributed by atoms with E-state index in [0.29, 0.717) is 6.54 Å². The molecule has 6 nitrogen and oxygen atoms in total. The number of nitrogens with two attached hydrogens (primary N) is 1. The van der Waals surface area contributed by atoms with Gasteiger partial charge >= 0.3 is 0 Å². The molecule has 0 unspecified atom stereocenters.